The lowest BCUT2D eigenvalue weighted by molar-refractivity contribution is 0.454. The number of benzene rings is 2. The van der Waals surface area contributed by atoms with Crippen LogP contribution in [0.1, 0.15) is 11.3 Å². The Kier molecular flexibility index (Phi) is 5.88. The highest BCUT2D eigenvalue weighted by atomic mass is 35.5. The van der Waals surface area contributed by atoms with Crippen LogP contribution >= 0.6 is 11.6 Å². The SMILES string of the molecule is Cc1ccn(-c2ccc(Oc3ccc(NS(=O)(=O)Cc4cccc(Cl)c4)cc3)nn2)n1. The molecule has 2 heterocycles. The van der Waals surface area contributed by atoms with Crippen molar-refractivity contribution in [1.82, 2.24) is 20.0 Å². The number of aryl methyl sites for hydroxylation is 1. The second-order valence-electron chi connectivity index (χ2n) is 6.75. The maximum absolute atomic E-state index is 12.4. The van der Waals surface area contributed by atoms with Crippen LogP contribution < -0.4 is 9.46 Å². The summed E-state index contributed by atoms with van der Waals surface area (Å²) in [5, 5.41) is 12.9. The van der Waals surface area contributed by atoms with E-state index in [2.05, 4.69) is 20.0 Å². The van der Waals surface area contributed by atoms with Crippen LogP contribution in [0.5, 0.6) is 11.6 Å². The molecule has 0 saturated carbocycles. The Balaban J connectivity index is 1.39. The van der Waals surface area contributed by atoms with Crippen molar-refractivity contribution >= 4 is 27.3 Å². The molecule has 0 aliphatic rings. The number of nitrogens with zero attached hydrogens (tertiary/aromatic N) is 4. The van der Waals surface area contributed by atoms with E-state index >= 15 is 0 Å². The molecule has 0 aliphatic carbocycles. The van der Waals surface area contributed by atoms with Gasteiger partial charge in [-0.3, -0.25) is 4.72 Å². The molecule has 0 radical (unpaired) electrons. The molecule has 10 heteroatoms. The molecule has 2 aromatic heterocycles. The fraction of sp³-hybridized carbons (Fsp3) is 0.0952. The Labute approximate surface area is 184 Å². The van der Waals surface area contributed by atoms with E-state index in [0.29, 0.717) is 33.7 Å². The first-order valence-corrected chi connectivity index (χ1v) is 11.3. The van der Waals surface area contributed by atoms with Gasteiger partial charge in [-0.2, -0.15) is 5.10 Å². The number of aromatic nitrogens is 4. The molecule has 31 heavy (non-hydrogen) atoms. The summed E-state index contributed by atoms with van der Waals surface area (Å²) in [6.07, 6.45) is 1.80. The highest BCUT2D eigenvalue weighted by Crippen LogP contribution is 2.23. The molecule has 2 aromatic carbocycles. The van der Waals surface area contributed by atoms with Crippen molar-refractivity contribution in [3.05, 3.63) is 89.2 Å². The molecule has 0 aliphatic heterocycles. The monoisotopic (exact) mass is 455 g/mol. The predicted octanol–water partition coefficient (Wildman–Crippen LogP) is 4.36. The van der Waals surface area contributed by atoms with E-state index in [1.165, 1.54) is 0 Å². The summed E-state index contributed by atoms with van der Waals surface area (Å²) in [6.45, 7) is 1.89. The van der Waals surface area contributed by atoms with Crippen LogP contribution in [0.3, 0.4) is 0 Å². The predicted molar refractivity (Wildman–Crippen MR) is 118 cm³/mol. The zero-order valence-electron chi connectivity index (χ0n) is 16.4. The normalized spacial score (nSPS) is 11.3. The van der Waals surface area contributed by atoms with E-state index in [1.807, 2.05) is 13.0 Å². The zero-order valence-corrected chi connectivity index (χ0v) is 18.0. The molecular formula is C21H18ClN5O3S. The van der Waals surface area contributed by atoms with Gasteiger partial charge in [0.25, 0.3) is 0 Å². The topological polar surface area (TPSA) is 99.0 Å². The standard InChI is InChI=1S/C21H18ClN5O3S/c1-15-11-12-27(25-15)20-9-10-21(24-23-20)30-19-7-5-18(6-8-19)26-31(28,29)14-16-3-2-4-17(22)13-16/h2-13,26H,14H2,1H3. The molecule has 0 amide bonds. The van der Waals surface area contributed by atoms with Gasteiger partial charge in [-0.25, -0.2) is 13.1 Å². The maximum atomic E-state index is 12.4. The van der Waals surface area contributed by atoms with Gasteiger partial charge in [-0.15, -0.1) is 10.2 Å². The van der Waals surface area contributed by atoms with Crippen molar-refractivity contribution in [1.29, 1.82) is 0 Å². The fourth-order valence-corrected chi connectivity index (χ4v) is 4.20. The van der Waals surface area contributed by atoms with Gasteiger partial charge >= 0.3 is 0 Å². The van der Waals surface area contributed by atoms with Gasteiger partial charge < -0.3 is 4.74 Å². The number of hydrogen-bond donors (Lipinski definition) is 1. The highest BCUT2D eigenvalue weighted by Gasteiger charge is 2.12. The summed E-state index contributed by atoms with van der Waals surface area (Å²) in [5.41, 5.74) is 1.91. The summed E-state index contributed by atoms with van der Waals surface area (Å²) >= 11 is 5.92. The Bertz CT molecular complexity index is 1290. The lowest BCUT2D eigenvalue weighted by atomic mass is 10.2. The molecule has 4 aromatic rings. The van der Waals surface area contributed by atoms with E-state index < -0.39 is 10.0 Å². The van der Waals surface area contributed by atoms with Crippen LogP contribution in [0.4, 0.5) is 5.69 Å². The third-order valence-corrected chi connectivity index (χ3v) is 5.67. The van der Waals surface area contributed by atoms with Crippen LogP contribution in [0.2, 0.25) is 5.02 Å². The third kappa shape index (κ3) is 5.59. The molecular weight excluding hydrogens is 438 g/mol. The van der Waals surface area contributed by atoms with Crippen molar-refractivity contribution in [2.45, 2.75) is 12.7 Å². The van der Waals surface area contributed by atoms with Gasteiger partial charge in [0.1, 0.15) is 5.75 Å². The Hall–Kier alpha value is -3.43. The summed E-state index contributed by atoms with van der Waals surface area (Å²) < 4.78 is 34.6. The third-order valence-electron chi connectivity index (χ3n) is 4.18. The van der Waals surface area contributed by atoms with Crippen molar-refractivity contribution in [3.8, 4) is 17.4 Å². The molecule has 0 spiro atoms. The minimum Gasteiger partial charge on any atom is -0.438 e. The van der Waals surface area contributed by atoms with Crippen molar-refractivity contribution < 1.29 is 13.2 Å². The average molecular weight is 456 g/mol. The molecule has 0 unspecified atom stereocenters. The average Bonchev–Trinajstić information content (AvgIpc) is 3.16. The van der Waals surface area contributed by atoms with Crippen molar-refractivity contribution in [2.75, 3.05) is 4.72 Å². The molecule has 0 fully saturated rings. The van der Waals surface area contributed by atoms with Gasteiger partial charge in [0, 0.05) is 23.0 Å². The molecule has 158 valence electrons. The van der Waals surface area contributed by atoms with Crippen molar-refractivity contribution in [2.24, 2.45) is 0 Å². The smallest absolute Gasteiger partial charge is 0.238 e. The highest BCUT2D eigenvalue weighted by molar-refractivity contribution is 7.91. The zero-order chi connectivity index (χ0) is 21.8. The molecule has 1 N–H and O–H groups in total. The molecule has 4 rings (SSSR count). The van der Waals surface area contributed by atoms with Crippen LogP contribution in [0.15, 0.2) is 72.9 Å². The van der Waals surface area contributed by atoms with E-state index in [9.17, 15) is 8.42 Å². The number of ether oxygens (including phenoxy) is 1. The Morgan fingerprint density at radius 1 is 1.03 bits per heavy atom. The fourth-order valence-electron chi connectivity index (χ4n) is 2.81. The van der Waals surface area contributed by atoms with E-state index in [4.69, 9.17) is 16.3 Å². The first-order chi connectivity index (χ1) is 14.9. The van der Waals surface area contributed by atoms with Gasteiger partial charge in [0.05, 0.1) is 11.4 Å². The van der Waals surface area contributed by atoms with Gasteiger partial charge in [0.15, 0.2) is 5.82 Å². The Morgan fingerprint density at radius 2 is 1.84 bits per heavy atom. The maximum Gasteiger partial charge on any atom is 0.238 e. The first-order valence-electron chi connectivity index (χ1n) is 9.25. The summed E-state index contributed by atoms with van der Waals surface area (Å²) in [4.78, 5) is 0. The summed E-state index contributed by atoms with van der Waals surface area (Å²) in [6, 6.07) is 18.5. The van der Waals surface area contributed by atoms with E-state index in [1.54, 1.807) is 71.5 Å². The van der Waals surface area contributed by atoms with Crippen LogP contribution in [0, 0.1) is 6.92 Å². The number of nitrogens with one attached hydrogen (secondary N) is 1. The van der Waals surface area contributed by atoms with Crippen LogP contribution in [0.25, 0.3) is 5.82 Å². The number of rotatable bonds is 7. The lowest BCUT2D eigenvalue weighted by Gasteiger charge is -2.10. The van der Waals surface area contributed by atoms with Gasteiger partial charge in [-0.1, -0.05) is 23.7 Å². The number of halogens is 1. The van der Waals surface area contributed by atoms with Crippen LogP contribution in [-0.4, -0.2) is 28.4 Å². The molecule has 0 bridgehead atoms. The largest absolute Gasteiger partial charge is 0.438 e. The van der Waals surface area contributed by atoms with Gasteiger partial charge in [0.2, 0.25) is 15.9 Å². The quantitative estimate of drug-likeness (QED) is 0.444. The first kappa shape index (κ1) is 20.8. The molecule has 0 saturated heterocycles. The summed E-state index contributed by atoms with van der Waals surface area (Å²) in [5.74, 6) is 1.20. The number of anilines is 1. The second-order valence-corrected chi connectivity index (χ2v) is 8.91. The van der Waals surface area contributed by atoms with Crippen molar-refractivity contribution in [3.63, 3.8) is 0 Å². The van der Waals surface area contributed by atoms with E-state index in [-0.39, 0.29) is 5.75 Å². The molecule has 0 atom stereocenters. The second kappa shape index (κ2) is 8.75. The van der Waals surface area contributed by atoms with Crippen LogP contribution in [-0.2, 0) is 15.8 Å². The number of sulfonamides is 1. The van der Waals surface area contributed by atoms with E-state index in [0.717, 1.165) is 5.69 Å². The minimum atomic E-state index is -3.59. The Morgan fingerprint density at radius 3 is 2.48 bits per heavy atom. The number of hydrogen-bond acceptors (Lipinski definition) is 6. The van der Waals surface area contributed by atoms with Gasteiger partial charge in [-0.05, 0) is 61.0 Å². The lowest BCUT2D eigenvalue weighted by Crippen LogP contribution is -2.15. The molecule has 8 nitrogen and oxygen atoms in total. The summed E-state index contributed by atoms with van der Waals surface area (Å²) in [7, 11) is -3.59. The minimum absolute atomic E-state index is 0.177.